The summed E-state index contributed by atoms with van der Waals surface area (Å²) >= 11 is 0. The molecule has 0 saturated carbocycles. The van der Waals surface area contributed by atoms with Crippen molar-refractivity contribution in [2.75, 3.05) is 0 Å². The van der Waals surface area contributed by atoms with Gasteiger partial charge in [-0.25, -0.2) is 0 Å². The van der Waals surface area contributed by atoms with Crippen molar-refractivity contribution in [3.05, 3.63) is 29.8 Å². The fourth-order valence-corrected chi connectivity index (χ4v) is 0.919. The summed E-state index contributed by atoms with van der Waals surface area (Å²) in [4.78, 5) is 0. The van der Waals surface area contributed by atoms with Crippen LogP contribution >= 0.6 is 0 Å². The summed E-state index contributed by atoms with van der Waals surface area (Å²) in [5, 5.41) is 28.5. The normalized spacial score (nSPS) is 13.4. The first-order valence-corrected chi connectivity index (χ1v) is 4.70. The Hall–Kier alpha value is -2.17. The molecule has 0 unspecified atom stereocenters. The number of aromatic hydroxyl groups is 1. The zero-order chi connectivity index (χ0) is 12.0. The highest BCUT2D eigenvalue weighted by atomic mass is 16.4. The predicted molar refractivity (Wildman–Crippen MR) is 63.7 cm³/mol. The summed E-state index contributed by atoms with van der Waals surface area (Å²) in [6, 6.07) is 6.80. The summed E-state index contributed by atoms with van der Waals surface area (Å²) < 4.78 is 0. The minimum atomic E-state index is 0.145. The number of oxime groups is 1. The third kappa shape index (κ3) is 3.20. The van der Waals surface area contributed by atoms with Crippen molar-refractivity contribution in [1.29, 1.82) is 0 Å². The molecule has 5 nitrogen and oxygen atoms in total. The van der Waals surface area contributed by atoms with Crippen LogP contribution in [0.5, 0.6) is 5.75 Å². The third-order valence-corrected chi connectivity index (χ3v) is 2.01. The minimum absolute atomic E-state index is 0.145. The van der Waals surface area contributed by atoms with Crippen LogP contribution < -0.4 is 0 Å². The van der Waals surface area contributed by atoms with Crippen LogP contribution in [-0.4, -0.2) is 28.0 Å². The first kappa shape index (κ1) is 11.9. The molecular weight excluding hydrogens is 206 g/mol. The van der Waals surface area contributed by atoms with Crippen LogP contribution in [0, 0.1) is 0 Å². The lowest BCUT2D eigenvalue weighted by molar-refractivity contribution is 0.320. The van der Waals surface area contributed by atoms with E-state index in [9.17, 15) is 5.11 Å². The Kier molecular flexibility index (Phi) is 4.20. The van der Waals surface area contributed by atoms with Gasteiger partial charge in [0.2, 0.25) is 0 Å². The zero-order valence-corrected chi connectivity index (χ0v) is 9.12. The molecule has 0 heterocycles. The number of rotatable bonds is 3. The maximum absolute atomic E-state index is 9.43. The molecule has 1 aromatic carbocycles. The molecule has 1 aromatic rings. The second-order valence-electron chi connectivity index (χ2n) is 3.17. The lowest BCUT2D eigenvalue weighted by atomic mass is 10.2. The Morgan fingerprint density at radius 2 is 1.88 bits per heavy atom. The molecule has 0 amide bonds. The number of hydrogen-bond donors (Lipinski definition) is 2. The average molecular weight is 219 g/mol. The molecule has 0 atom stereocenters. The van der Waals surface area contributed by atoms with E-state index < -0.39 is 0 Å². The molecule has 5 heteroatoms. The Labute approximate surface area is 93.5 Å². The predicted octanol–water partition coefficient (Wildman–Crippen LogP) is 2.04. The van der Waals surface area contributed by atoms with Gasteiger partial charge in [-0.05, 0) is 26.0 Å². The van der Waals surface area contributed by atoms with Crippen LogP contribution in [0.1, 0.15) is 19.4 Å². The van der Waals surface area contributed by atoms with E-state index >= 15 is 0 Å². The van der Waals surface area contributed by atoms with E-state index in [1.165, 1.54) is 6.21 Å². The summed E-state index contributed by atoms with van der Waals surface area (Å²) in [5.74, 6) is 0.145. The van der Waals surface area contributed by atoms with Gasteiger partial charge in [-0.1, -0.05) is 17.3 Å². The number of benzene rings is 1. The van der Waals surface area contributed by atoms with Gasteiger partial charge in [-0.2, -0.15) is 10.2 Å². The molecule has 0 saturated heterocycles. The molecule has 0 aliphatic heterocycles. The second kappa shape index (κ2) is 5.65. The maximum Gasteiger partial charge on any atom is 0.124 e. The van der Waals surface area contributed by atoms with Crippen LogP contribution in [0.2, 0.25) is 0 Å². The Morgan fingerprint density at radius 1 is 1.19 bits per heavy atom. The molecule has 0 spiro atoms. The highest BCUT2D eigenvalue weighted by Gasteiger charge is 1.96. The smallest absolute Gasteiger partial charge is 0.124 e. The number of hydrogen-bond acceptors (Lipinski definition) is 5. The van der Waals surface area contributed by atoms with Crippen LogP contribution in [0.4, 0.5) is 0 Å². The van der Waals surface area contributed by atoms with Crippen molar-refractivity contribution in [1.82, 2.24) is 0 Å². The van der Waals surface area contributed by atoms with E-state index in [4.69, 9.17) is 5.21 Å². The van der Waals surface area contributed by atoms with E-state index in [-0.39, 0.29) is 5.75 Å². The number of nitrogens with zero attached hydrogens (tertiary/aromatic N) is 3. The maximum atomic E-state index is 9.43. The van der Waals surface area contributed by atoms with E-state index in [2.05, 4.69) is 15.4 Å². The minimum Gasteiger partial charge on any atom is -0.507 e. The summed E-state index contributed by atoms with van der Waals surface area (Å²) in [5.41, 5.74) is 1.49. The van der Waals surface area contributed by atoms with Crippen molar-refractivity contribution < 1.29 is 10.3 Å². The van der Waals surface area contributed by atoms with Gasteiger partial charge in [0.05, 0.1) is 17.6 Å². The monoisotopic (exact) mass is 219 g/mol. The lowest BCUT2D eigenvalue weighted by Gasteiger charge is -1.95. The molecule has 0 bridgehead atoms. The molecule has 1 rings (SSSR count). The van der Waals surface area contributed by atoms with Crippen molar-refractivity contribution in [3.63, 3.8) is 0 Å². The van der Waals surface area contributed by atoms with Gasteiger partial charge in [-0.15, -0.1) is 0 Å². The fourth-order valence-electron chi connectivity index (χ4n) is 0.919. The third-order valence-electron chi connectivity index (χ3n) is 2.01. The van der Waals surface area contributed by atoms with E-state index in [1.807, 2.05) is 0 Å². The van der Waals surface area contributed by atoms with Gasteiger partial charge in [-0.3, -0.25) is 0 Å². The van der Waals surface area contributed by atoms with Gasteiger partial charge in [0.1, 0.15) is 5.75 Å². The van der Waals surface area contributed by atoms with Crippen molar-refractivity contribution in [3.8, 4) is 5.75 Å². The first-order valence-electron chi connectivity index (χ1n) is 4.70. The van der Waals surface area contributed by atoms with E-state index in [0.717, 1.165) is 0 Å². The van der Waals surface area contributed by atoms with Crippen LogP contribution in [0.3, 0.4) is 0 Å². The first-order chi connectivity index (χ1) is 7.65. The lowest BCUT2D eigenvalue weighted by Crippen LogP contribution is -2.04. The van der Waals surface area contributed by atoms with Crippen molar-refractivity contribution in [2.45, 2.75) is 13.8 Å². The van der Waals surface area contributed by atoms with Gasteiger partial charge in [0.15, 0.2) is 0 Å². The Bertz CT molecular complexity index is 450. The molecular formula is C11H13N3O2. The second-order valence-corrected chi connectivity index (χ2v) is 3.17. The van der Waals surface area contributed by atoms with E-state index in [0.29, 0.717) is 17.0 Å². The number of phenolic OH excluding ortho intramolecular Hbond substituents is 1. The quantitative estimate of drug-likeness (QED) is 0.463. The molecule has 84 valence electrons. The van der Waals surface area contributed by atoms with Crippen molar-refractivity contribution >= 4 is 17.6 Å². The molecule has 16 heavy (non-hydrogen) atoms. The topological polar surface area (TPSA) is 77.5 Å². The molecule has 0 radical (unpaired) electrons. The van der Waals surface area contributed by atoms with Crippen LogP contribution in [0.15, 0.2) is 39.6 Å². The van der Waals surface area contributed by atoms with Crippen molar-refractivity contribution in [2.24, 2.45) is 15.4 Å². The fraction of sp³-hybridized carbons (Fsp3) is 0.182. The summed E-state index contributed by atoms with van der Waals surface area (Å²) in [6.45, 7) is 3.30. The Morgan fingerprint density at radius 3 is 2.50 bits per heavy atom. The number of para-hydroxylation sites is 1. The highest BCUT2D eigenvalue weighted by molar-refractivity contribution is 6.40. The standard InChI is InChI=1S/C11H13N3O2/c1-8(9(2)14-16)13-12-7-10-5-3-4-6-11(10)15/h3-7,15-16H,1-2H3/b12-7+,13-8+,14-9+. The largest absolute Gasteiger partial charge is 0.507 e. The van der Waals surface area contributed by atoms with Gasteiger partial charge >= 0.3 is 0 Å². The molecule has 0 aliphatic carbocycles. The molecule has 0 aliphatic rings. The van der Waals surface area contributed by atoms with E-state index in [1.54, 1.807) is 38.1 Å². The molecule has 0 fully saturated rings. The summed E-state index contributed by atoms with van der Waals surface area (Å²) in [6.07, 6.45) is 1.43. The van der Waals surface area contributed by atoms with Gasteiger partial charge < -0.3 is 10.3 Å². The molecule has 0 aromatic heterocycles. The Balaban J connectivity index is 2.80. The average Bonchev–Trinajstić information content (AvgIpc) is 2.30. The highest BCUT2D eigenvalue weighted by Crippen LogP contribution is 2.12. The van der Waals surface area contributed by atoms with Crippen LogP contribution in [-0.2, 0) is 0 Å². The SMILES string of the molecule is CC(=N\O)/C(C)=N/N=C/c1ccccc1O. The van der Waals surface area contributed by atoms with Gasteiger partial charge in [0, 0.05) is 5.56 Å². The van der Waals surface area contributed by atoms with Gasteiger partial charge in [0.25, 0.3) is 0 Å². The number of phenols is 1. The molecule has 2 N–H and O–H groups in total. The zero-order valence-electron chi connectivity index (χ0n) is 9.12. The van der Waals surface area contributed by atoms with Crippen LogP contribution in [0.25, 0.3) is 0 Å². The summed E-state index contributed by atoms with van der Waals surface area (Å²) in [7, 11) is 0.